The molecule has 2 aromatic rings. The molecule has 0 saturated carbocycles. The number of nitrogen functional groups attached to an aromatic ring is 1. The van der Waals surface area contributed by atoms with Crippen molar-refractivity contribution in [2.24, 2.45) is 0 Å². The van der Waals surface area contributed by atoms with Crippen LogP contribution >= 0.6 is 27.3 Å². The normalized spacial score (nSPS) is 11.0. The van der Waals surface area contributed by atoms with Gasteiger partial charge in [-0.25, -0.2) is 0 Å². The van der Waals surface area contributed by atoms with Gasteiger partial charge in [-0.2, -0.15) is 0 Å². The molecule has 1 heterocycles. The van der Waals surface area contributed by atoms with Gasteiger partial charge in [0.2, 0.25) is 0 Å². The van der Waals surface area contributed by atoms with E-state index in [0.717, 1.165) is 16.8 Å². The quantitative estimate of drug-likeness (QED) is 0.822. The number of hydrogen-bond acceptors (Lipinski definition) is 2. The molecule has 0 aliphatic heterocycles. The summed E-state index contributed by atoms with van der Waals surface area (Å²) in [6.45, 7) is 2.18. The van der Waals surface area contributed by atoms with Crippen LogP contribution < -0.4 is 5.73 Å². The average Bonchev–Trinajstić information content (AvgIpc) is 2.57. The van der Waals surface area contributed by atoms with E-state index < -0.39 is 0 Å². The first kappa shape index (κ1) is 9.99. The molecule has 74 valence electrons. The molecule has 0 atom stereocenters. The van der Waals surface area contributed by atoms with Crippen molar-refractivity contribution in [3.05, 3.63) is 29.3 Å². The van der Waals surface area contributed by atoms with Crippen molar-refractivity contribution in [2.75, 3.05) is 5.73 Å². The van der Waals surface area contributed by atoms with Crippen LogP contribution in [0.1, 0.15) is 18.1 Å². The zero-order valence-corrected chi connectivity index (χ0v) is 10.4. The van der Waals surface area contributed by atoms with Gasteiger partial charge in [0.1, 0.15) is 0 Å². The molecule has 1 nitrogen and oxygen atoms in total. The topological polar surface area (TPSA) is 26.0 Å². The molecule has 0 radical (unpaired) electrons. The maximum absolute atomic E-state index is 5.84. The molecule has 0 aliphatic carbocycles. The average molecular weight is 270 g/mol. The third-order valence-corrected chi connectivity index (χ3v) is 4.04. The van der Waals surface area contributed by atoms with Crippen molar-refractivity contribution < 1.29 is 0 Å². The molecule has 14 heavy (non-hydrogen) atoms. The summed E-state index contributed by atoms with van der Waals surface area (Å²) in [5.41, 5.74) is 8.56. The second-order valence-electron chi connectivity index (χ2n) is 3.26. The number of nitrogens with two attached hydrogens (primary N) is 1. The van der Waals surface area contributed by atoms with Gasteiger partial charge < -0.3 is 5.73 Å². The van der Waals surface area contributed by atoms with Gasteiger partial charge in [-0.05, 0) is 29.0 Å². The Kier molecular flexibility index (Phi) is 2.79. The van der Waals surface area contributed by atoms with Crippen molar-refractivity contribution in [1.29, 1.82) is 0 Å². The fourth-order valence-corrected chi connectivity index (χ4v) is 3.30. The van der Waals surface area contributed by atoms with Crippen LogP contribution in [0.3, 0.4) is 0 Å². The third-order valence-electron chi connectivity index (χ3n) is 2.40. The summed E-state index contributed by atoms with van der Waals surface area (Å²) < 4.78 is 1.33. The van der Waals surface area contributed by atoms with Gasteiger partial charge in [0.05, 0.1) is 5.00 Å². The summed E-state index contributed by atoms with van der Waals surface area (Å²) in [4.78, 5) is 0. The fraction of sp³-hybridized carbons (Fsp3) is 0.273. The van der Waals surface area contributed by atoms with E-state index in [1.54, 1.807) is 11.3 Å². The Morgan fingerprint density at radius 1 is 1.36 bits per heavy atom. The van der Waals surface area contributed by atoms with Crippen molar-refractivity contribution in [3.8, 4) is 0 Å². The smallest absolute Gasteiger partial charge is 0.0869 e. The second-order valence-corrected chi connectivity index (χ2v) is 4.91. The predicted molar refractivity (Wildman–Crippen MR) is 68.2 cm³/mol. The molecule has 1 aromatic heterocycles. The Hall–Kier alpha value is -0.540. The van der Waals surface area contributed by atoms with Crippen LogP contribution in [-0.4, -0.2) is 0 Å². The number of thiophene rings is 1. The Morgan fingerprint density at radius 3 is 2.71 bits per heavy atom. The minimum atomic E-state index is 0.896. The van der Waals surface area contributed by atoms with Crippen molar-refractivity contribution in [2.45, 2.75) is 18.7 Å². The maximum atomic E-state index is 5.84. The van der Waals surface area contributed by atoms with Gasteiger partial charge in [0, 0.05) is 10.0 Å². The van der Waals surface area contributed by atoms with Crippen LogP contribution in [0, 0.1) is 0 Å². The van der Waals surface area contributed by atoms with E-state index in [4.69, 9.17) is 5.73 Å². The van der Waals surface area contributed by atoms with E-state index in [1.807, 2.05) is 0 Å². The minimum Gasteiger partial charge on any atom is -0.391 e. The highest BCUT2D eigenvalue weighted by molar-refractivity contribution is 9.08. The molecule has 0 spiro atoms. The lowest BCUT2D eigenvalue weighted by Crippen LogP contribution is -1.84. The molecule has 0 bridgehead atoms. The lowest BCUT2D eigenvalue weighted by molar-refractivity contribution is 1.16. The molecule has 1 aromatic carbocycles. The highest BCUT2D eigenvalue weighted by Gasteiger charge is 2.07. The van der Waals surface area contributed by atoms with Crippen LogP contribution in [-0.2, 0) is 11.8 Å². The van der Waals surface area contributed by atoms with Crippen LogP contribution in [0.15, 0.2) is 18.2 Å². The molecular weight excluding hydrogens is 258 g/mol. The third kappa shape index (κ3) is 1.55. The summed E-state index contributed by atoms with van der Waals surface area (Å²) in [6, 6.07) is 6.47. The monoisotopic (exact) mass is 269 g/mol. The number of hydrogen-bond donors (Lipinski definition) is 1. The Morgan fingerprint density at radius 2 is 2.07 bits per heavy atom. The molecular formula is C11H12BrNS. The molecule has 0 saturated heterocycles. The maximum Gasteiger partial charge on any atom is 0.0869 e. The summed E-state index contributed by atoms with van der Waals surface area (Å²) in [6.07, 6.45) is 1.06. The van der Waals surface area contributed by atoms with Gasteiger partial charge in [0.15, 0.2) is 0 Å². The first-order chi connectivity index (χ1) is 6.76. The van der Waals surface area contributed by atoms with E-state index in [1.165, 1.54) is 21.2 Å². The molecule has 3 heteroatoms. The number of aryl methyl sites for hydroxylation is 1. The van der Waals surface area contributed by atoms with Gasteiger partial charge in [0.25, 0.3) is 0 Å². The molecule has 0 amide bonds. The number of benzene rings is 1. The Labute approximate surface area is 96.1 Å². The number of alkyl halides is 1. The van der Waals surface area contributed by atoms with Gasteiger partial charge in [-0.3, -0.25) is 0 Å². The van der Waals surface area contributed by atoms with Gasteiger partial charge in [-0.15, -0.1) is 11.3 Å². The number of anilines is 1. The predicted octanol–water partition coefficient (Wildman–Crippen LogP) is 3.94. The molecule has 2 rings (SSSR count). The van der Waals surface area contributed by atoms with E-state index in [0.29, 0.717) is 0 Å². The number of fused-ring (bicyclic) bond motifs is 1. The van der Waals surface area contributed by atoms with E-state index in [9.17, 15) is 0 Å². The highest BCUT2D eigenvalue weighted by Crippen LogP contribution is 2.34. The standard InChI is InChI=1S/C11H12BrNS/c1-2-7-3-4-8(6-12)11-9(7)5-10(13)14-11/h3-5H,2,6,13H2,1H3. The molecule has 0 fully saturated rings. The Balaban J connectivity index is 2.77. The summed E-state index contributed by atoms with van der Waals surface area (Å²) in [5.74, 6) is 0. The van der Waals surface area contributed by atoms with Crippen molar-refractivity contribution in [1.82, 2.24) is 0 Å². The summed E-state index contributed by atoms with van der Waals surface area (Å²) in [7, 11) is 0. The van der Waals surface area contributed by atoms with E-state index >= 15 is 0 Å². The molecule has 0 unspecified atom stereocenters. The summed E-state index contributed by atoms with van der Waals surface area (Å²) >= 11 is 5.18. The van der Waals surface area contributed by atoms with Crippen LogP contribution in [0.5, 0.6) is 0 Å². The molecule has 0 aliphatic rings. The zero-order valence-electron chi connectivity index (χ0n) is 8.01. The fourth-order valence-electron chi connectivity index (χ4n) is 1.67. The van der Waals surface area contributed by atoms with E-state index in [2.05, 4.69) is 41.1 Å². The van der Waals surface area contributed by atoms with Gasteiger partial charge >= 0.3 is 0 Å². The number of rotatable bonds is 2. The lowest BCUT2D eigenvalue weighted by atomic mass is 10.1. The number of halogens is 1. The van der Waals surface area contributed by atoms with Crippen molar-refractivity contribution >= 4 is 42.4 Å². The van der Waals surface area contributed by atoms with Crippen LogP contribution in [0.25, 0.3) is 10.1 Å². The Bertz CT molecular complexity index is 421. The second kappa shape index (κ2) is 3.91. The summed E-state index contributed by atoms with van der Waals surface area (Å²) in [5, 5.41) is 3.13. The molecule has 2 N–H and O–H groups in total. The van der Waals surface area contributed by atoms with Crippen molar-refractivity contribution in [3.63, 3.8) is 0 Å². The van der Waals surface area contributed by atoms with Crippen LogP contribution in [0.4, 0.5) is 5.00 Å². The SMILES string of the molecule is CCc1ccc(CBr)c2sc(N)cc12. The van der Waals surface area contributed by atoms with E-state index in [-0.39, 0.29) is 0 Å². The van der Waals surface area contributed by atoms with Crippen LogP contribution in [0.2, 0.25) is 0 Å². The van der Waals surface area contributed by atoms with Gasteiger partial charge in [-0.1, -0.05) is 35.0 Å². The largest absolute Gasteiger partial charge is 0.391 e. The first-order valence-electron chi connectivity index (χ1n) is 4.62. The minimum absolute atomic E-state index is 0.896. The first-order valence-corrected chi connectivity index (χ1v) is 6.55. The zero-order chi connectivity index (χ0) is 10.1. The highest BCUT2D eigenvalue weighted by atomic mass is 79.9. The lowest BCUT2D eigenvalue weighted by Gasteiger charge is -2.02.